The Bertz CT molecular complexity index is 1240. The molecule has 1 aromatic rings. The summed E-state index contributed by atoms with van der Waals surface area (Å²) in [4.78, 5) is 71.5. The Balaban J connectivity index is 1.57. The fourth-order valence-corrected chi connectivity index (χ4v) is 7.09. The van der Waals surface area contributed by atoms with Crippen LogP contribution < -0.4 is 5.32 Å². The molecule has 3 aliphatic carbocycles. The van der Waals surface area contributed by atoms with Gasteiger partial charge in [0.05, 0.1) is 29.8 Å². The van der Waals surface area contributed by atoms with Crippen molar-refractivity contribution in [1.29, 1.82) is 0 Å². The van der Waals surface area contributed by atoms with Crippen molar-refractivity contribution < 1.29 is 39.3 Å². The molecule has 0 spiro atoms. The van der Waals surface area contributed by atoms with Crippen molar-refractivity contribution >= 4 is 29.0 Å². The molecule has 7 unspecified atom stereocenters. The van der Waals surface area contributed by atoms with Crippen molar-refractivity contribution in [3.63, 3.8) is 0 Å². The lowest BCUT2D eigenvalue weighted by Gasteiger charge is -2.55. The van der Waals surface area contributed by atoms with E-state index in [0.717, 1.165) is 25.9 Å². The number of likely N-dealkylation sites (tertiary alicyclic amines) is 1. The highest BCUT2D eigenvalue weighted by atomic mass is 16.3. The number of nitrogens with zero attached hydrogens (tertiary/aromatic N) is 2. The molecule has 1 aliphatic heterocycles. The van der Waals surface area contributed by atoms with E-state index in [2.05, 4.69) is 5.32 Å². The molecule has 4 N–H and O–H groups in total. The number of carbonyl (C=O) groups excluding carboxylic acids is 5. The monoisotopic (exact) mass is 527 g/mol. The topological polar surface area (TPSA) is 165 Å². The van der Waals surface area contributed by atoms with Crippen LogP contribution in [0.3, 0.4) is 0 Å². The van der Waals surface area contributed by atoms with Crippen molar-refractivity contribution in [2.75, 3.05) is 33.9 Å². The van der Waals surface area contributed by atoms with Crippen molar-refractivity contribution in [3.05, 3.63) is 29.3 Å². The van der Waals surface area contributed by atoms with Gasteiger partial charge in [-0.1, -0.05) is 12.1 Å². The minimum absolute atomic E-state index is 0.125. The third-order valence-electron chi connectivity index (χ3n) is 9.03. The Kier molecular flexibility index (Phi) is 6.33. The molecule has 204 valence electrons. The third-order valence-corrected chi connectivity index (χ3v) is 9.03. The molecular formula is C27H33N3O8. The van der Waals surface area contributed by atoms with Gasteiger partial charge in [-0.05, 0) is 65.0 Å². The zero-order chi connectivity index (χ0) is 27.7. The highest BCUT2D eigenvalue weighted by molar-refractivity contribution is 6.32. The number of phenolic OH excluding ortho intramolecular Hbond substituents is 1. The Morgan fingerprint density at radius 2 is 1.74 bits per heavy atom. The number of amides is 1. The van der Waals surface area contributed by atoms with E-state index in [4.69, 9.17) is 0 Å². The molecule has 11 nitrogen and oxygen atoms in total. The predicted molar refractivity (Wildman–Crippen MR) is 132 cm³/mol. The molecule has 4 aliphatic rings. The zero-order valence-corrected chi connectivity index (χ0v) is 21.6. The van der Waals surface area contributed by atoms with Gasteiger partial charge in [-0.2, -0.15) is 0 Å². The summed E-state index contributed by atoms with van der Waals surface area (Å²) in [5, 5.41) is 36.4. The van der Waals surface area contributed by atoms with Crippen LogP contribution in [0.1, 0.15) is 42.1 Å². The van der Waals surface area contributed by atoms with Crippen molar-refractivity contribution in [2.45, 2.75) is 43.4 Å². The summed E-state index contributed by atoms with van der Waals surface area (Å²) < 4.78 is 0. The van der Waals surface area contributed by atoms with Gasteiger partial charge >= 0.3 is 0 Å². The molecule has 2 saturated carbocycles. The van der Waals surface area contributed by atoms with Crippen LogP contribution in [0.2, 0.25) is 0 Å². The first kappa shape index (κ1) is 26.6. The molecule has 1 aromatic carbocycles. The fraction of sp³-hybridized carbons (Fsp3) is 0.593. The van der Waals surface area contributed by atoms with Crippen molar-refractivity contribution in [3.8, 4) is 5.75 Å². The van der Waals surface area contributed by atoms with E-state index < -0.39 is 75.7 Å². The van der Waals surface area contributed by atoms with E-state index in [0.29, 0.717) is 0 Å². The van der Waals surface area contributed by atoms with Crippen LogP contribution in [0.4, 0.5) is 0 Å². The number of aromatic hydroxyl groups is 1. The van der Waals surface area contributed by atoms with Gasteiger partial charge in [-0.3, -0.25) is 33.8 Å². The van der Waals surface area contributed by atoms with E-state index in [1.807, 2.05) is 4.90 Å². The molecule has 3 fully saturated rings. The number of hydrogen-bond acceptors (Lipinski definition) is 10. The molecule has 1 heterocycles. The molecular weight excluding hydrogens is 494 g/mol. The van der Waals surface area contributed by atoms with Crippen molar-refractivity contribution in [2.24, 2.45) is 23.7 Å². The molecule has 0 bridgehead atoms. The van der Waals surface area contributed by atoms with Gasteiger partial charge in [0.25, 0.3) is 0 Å². The second-order valence-corrected chi connectivity index (χ2v) is 11.4. The van der Waals surface area contributed by atoms with Crippen LogP contribution in [0.25, 0.3) is 0 Å². The number of nitrogens with one attached hydrogen (secondary N) is 1. The second kappa shape index (κ2) is 9.04. The fourth-order valence-electron chi connectivity index (χ4n) is 7.09. The van der Waals surface area contributed by atoms with E-state index in [9.17, 15) is 39.3 Å². The minimum Gasteiger partial charge on any atom is -0.507 e. The second-order valence-electron chi connectivity index (χ2n) is 11.4. The van der Waals surface area contributed by atoms with Crippen LogP contribution in [0.15, 0.2) is 18.2 Å². The lowest BCUT2D eigenvalue weighted by Crippen LogP contribution is -2.75. The maximum atomic E-state index is 14.0. The lowest BCUT2D eigenvalue weighted by molar-refractivity contribution is -0.188. The number of Topliss-reactive ketones (excluding diaryl/α,β-unsaturated/α-hetero) is 4. The van der Waals surface area contributed by atoms with Gasteiger partial charge in [0.1, 0.15) is 5.75 Å². The van der Waals surface area contributed by atoms with Gasteiger partial charge < -0.3 is 20.6 Å². The average molecular weight is 528 g/mol. The quantitative estimate of drug-likeness (QED) is 0.365. The Hall–Kier alpha value is -2.99. The number of likely N-dealkylation sites (N-methyl/N-ethyl adjacent to an activating group) is 1. The van der Waals surface area contributed by atoms with E-state index in [1.54, 1.807) is 14.1 Å². The summed E-state index contributed by atoms with van der Waals surface area (Å²) >= 11 is 0. The van der Waals surface area contributed by atoms with Crippen LogP contribution in [-0.2, 0) is 24.8 Å². The van der Waals surface area contributed by atoms with Crippen LogP contribution >= 0.6 is 0 Å². The van der Waals surface area contributed by atoms with Gasteiger partial charge in [-0.25, -0.2) is 0 Å². The summed E-state index contributed by atoms with van der Waals surface area (Å²) in [6.07, 6.45) is 1.73. The number of benzene rings is 1. The maximum Gasteiger partial charge on any atom is 0.239 e. The minimum atomic E-state index is -2.80. The van der Waals surface area contributed by atoms with Gasteiger partial charge in [0.15, 0.2) is 34.7 Å². The number of fused-ring (bicyclic) bond motifs is 3. The summed E-state index contributed by atoms with van der Waals surface area (Å²) in [5.41, 5.74) is -4.68. The summed E-state index contributed by atoms with van der Waals surface area (Å²) in [5.74, 6) is -11.2. The highest BCUT2D eigenvalue weighted by Gasteiger charge is 2.71. The number of aliphatic hydroxyl groups is 2. The molecule has 5 rings (SSSR count). The number of rotatable bonds is 4. The van der Waals surface area contributed by atoms with Crippen LogP contribution in [0, 0.1) is 23.7 Å². The van der Waals surface area contributed by atoms with Gasteiger partial charge in [-0.15, -0.1) is 0 Å². The number of phenols is 1. The number of ketones is 4. The molecule has 1 saturated heterocycles. The van der Waals surface area contributed by atoms with E-state index in [1.165, 1.54) is 30.0 Å². The first-order valence-electron chi connectivity index (χ1n) is 12.9. The first-order valence-corrected chi connectivity index (χ1v) is 12.9. The number of hydrogen-bond donors (Lipinski definition) is 4. The van der Waals surface area contributed by atoms with Crippen LogP contribution in [0.5, 0.6) is 5.75 Å². The van der Waals surface area contributed by atoms with Crippen LogP contribution in [-0.4, -0.2) is 99.7 Å². The molecule has 0 radical (unpaired) electrons. The Labute approximate surface area is 219 Å². The largest absolute Gasteiger partial charge is 0.507 e. The maximum absolute atomic E-state index is 14.0. The predicted octanol–water partition coefficient (Wildman–Crippen LogP) is -0.784. The zero-order valence-electron chi connectivity index (χ0n) is 21.6. The smallest absolute Gasteiger partial charge is 0.239 e. The SMILES string of the molecule is CN(C)C1C(=O)C(C(=O)NCN2CCCC2)C(=O)C2(O)C(=O)C3C(=O)c4c(O)cccc4C(C)(O)C3CC12. The highest BCUT2D eigenvalue weighted by Crippen LogP contribution is 2.55. The van der Waals surface area contributed by atoms with Gasteiger partial charge in [0.2, 0.25) is 5.91 Å². The summed E-state index contributed by atoms with van der Waals surface area (Å²) in [7, 11) is 3.10. The molecule has 11 heteroatoms. The molecule has 0 aromatic heterocycles. The van der Waals surface area contributed by atoms with E-state index >= 15 is 0 Å². The van der Waals surface area contributed by atoms with Gasteiger partial charge in [0, 0.05) is 11.8 Å². The summed E-state index contributed by atoms with van der Waals surface area (Å²) in [6, 6.07) is 3.02. The average Bonchev–Trinajstić information content (AvgIpc) is 3.37. The Morgan fingerprint density at radius 3 is 2.37 bits per heavy atom. The summed E-state index contributed by atoms with van der Waals surface area (Å²) in [6.45, 7) is 3.06. The molecule has 38 heavy (non-hydrogen) atoms. The number of carbonyl (C=O) groups is 5. The third kappa shape index (κ3) is 3.59. The lowest BCUT2D eigenvalue weighted by atomic mass is 9.49. The van der Waals surface area contributed by atoms with Crippen molar-refractivity contribution in [1.82, 2.24) is 15.1 Å². The van der Waals surface area contributed by atoms with E-state index in [-0.39, 0.29) is 24.2 Å². The standard InChI is InChI=1S/C27H33N3O8/c1-26(37)13-7-6-8-16(31)17(13)21(32)18-14(26)11-15-20(29(2)3)22(33)19(24(35)27(15,38)23(18)34)25(36)28-12-30-9-4-5-10-30/h6-8,14-15,18-20,31,37-38H,4-5,9-12H2,1-3H3,(H,28,36). The Morgan fingerprint density at radius 1 is 1.08 bits per heavy atom. The molecule has 7 atom stereocenters. The first-order chi connectivity index (χ1) is 17.8. The molecule has 1 amide bonds. The normalized spacial score (nSPS) is 37.2.